The van der Waals surface area contributed by atoms with Crippen molar-refractivity contribution in [1.82, 2.24) is 0 Å². The van der Waals surface area contributed by atoms with Crippen LogP contribution in [0.4, 0.5) is 15.8 Å². The van der Waals surface area contributed by atoms with Gasteiger partial charge in [-0.25, -0.2) is 12.8 Å². The molecule has 0 aromatic heterocycles. The lowest BCUT2D eigenvalue weighted by atomic mass is 10.1. The number of rotatable bonds is 5. The third-order valence-corrected chi connectivity index (χ3v) is 5.69. The number of nitrogens with one attached hydrogen (secondary N) is 2. The molecule has 0 radical (unpaired) electrons. The van der Waals surface area contributed by atoms with Gasteiger partial charge in [-0.05, 0) is 61.0 Å². The maximum atomic E-state index is 13.0. The molecule has 0 aliphatic rings. The normalized spacial score (nSPS) is 11.1. The van der Waals surface area contributed by atoms with Crippen LogP contribution in [0.2, 0.25) is 5.02 Å². The molecule has 2 N–H and O–H groups in total. The smallest absolute Gasteiger partial charge is 0.261 e. The number of hydrogen-bond acceptors (Lipinski definition) is 3. The van der Waals surface area contributed by atoms with Crippen LogP contribution in [0.5, 0.6) is 0 Å². The summed E-state index contributed by atoms with van der Waals surface area (Å²) in [6.45, 7) is 1.84. The van der Waals surface area contributed by atoms with Gasteiger partial charge in [0.15, 0.2) is 0 Å². The van der Waals surface area contributed by atoms with E-state index in [9.17, 15) is 17.6 Å². The Balaban J connectivity index is 1.89. The predicted molar refractivity (Wildman–Crippen MR) is 108 cm³/mol. The monoisotopic (exact) mass is 418 g/mol. The fraction of sp³-hybridized carbons (Fsp3) is 0.0500. The average Bonchev–Trinajstić information content (AvgIpc) is 2.65. The van der Waals surface area contributed by atoms with Crippen molar-refractivity contribution in [1.29, 1.82) is 0 Å². The van der Waals surface area contributed by atoms with Gasteiger partial charge in [-0.15, -0.1) is 0 Å². The Morgan fingerprint density at radius 1 is 1.00 bits per heavy atom. The highest BCUT2D eigenvalue weighted by Gasteiger charge is 2.19. The minimum absolute atomic E-state index is 0.0203. The first-order valence-electron chi connectivity index (χ1n) is 8.21. The Bertz CT molecular complexity index is 1130. The van der Waals surface area contributed by atoms with Crippen molar-refractivity contribution >= 4 is 38.9 Å². The molecule has 0 fully saturated rings. The molecular formula is C20H16ClFN2O3S. The zero-order valence-corrected chi connectivity index (χ0v) is 16.3. The summed E-state index contributed by atoms with van der Waals surface area (Å²) in [6.07, 6.45) is 0. The number of para-hydroxylation sites is 1. The van der Waals surface area contributed by atoms with Gasteiger partial charge in [0, 0.05) is 11.4 Å². The summed E-state index contributed by atoms with van der Waals surface area (Å²) in [5.74, 6) is -1.01. The minimum atomic E-state index is -3.99. The van der Waals surface area contributed by atoms with Gasteiger partial charge in [0.1, 0.15) is 5.82 Å². The molecule has 0 atom stereocenters. The maximum absolute atomic E-state index is 13.0. The minimum Gasteiger partial charge on any atom is -0.322 e. The number of carbonyl (C=O) groups excluding carboxylic acids is 1. The lowest BCUT2D eigenvalue weighted by molar-refractivity contribution is 0.102. The number of sulfonamides is 1. The molecule has 0 unspecified atom stereocenters. The molecule has 0 heterocycles. The van der Waals surface area contributed by atoms with Crippen LogP contribution < -0.4 is 10.0 Å². The quantitative estimate of drug-likeness (QED) is 0.622. The molecule has 0 saturated carbocycles. The van der Waals surface area contributed by atoms with E-state index in [1.165, 1.54) is 30.3 Å². The molecule has 28 heavy (non-hydrogen) atoms. The summed E-state index contributed by atoms with van der Waals surface area (Å²) in [5, 5.41) is 2.84. The largest absolute Gasteiger partial charge is 0.322 e. The van der Waals surface area contributed by atoms with Gasteiger partial charge in [0.2, 0.25) is 0 Å². The van der Waals surface area contributed by atoms with Crippen LogP contribution in [0.15, 0.2) is 71.6 Å². The van der Waals surface area contributed by atoms with Gasteiger partial charge in [-0.1, -0.05) is 29.8 Å². The first-order valence-corrected chi connectivity index (χ1v) is 10.1. The van der Waals surface area contributed by atoms with Crippen molar-refractivity contribution < 1.29 is 17.6 Å². The molecule has 0 saturated heterocycles. The topological polar surface area (TPSA) is 75.3 Å². The van der Waals surface area contributed by atoms with E-state index in [2.05, 4.69) is 10.0 Å². The van der Waals surface area contributed by atoms with Crippen LogP contribution in [0.3, 0.4) is 0 Å². The highest BCUT2D eigenvalue weighted by atomic mass is 35.5. The van der Waals surface area contributed by atoms with E-state index in [1.807, 2.05) is 19.1 Å². The molecule has 0 aliphatic heterocycles. The second-order valence-electron chi connectivity index (χ2n) is 6.02. The molecule has 3 aromatic rings. The van der Waals surface area contributed by atoms with Gasteiger partial charge >= 0.3 is 0 Å². The van der Waals surface area contributed by atoms with Crippen LogP contribution in [0, 0.1) is 12.7 Å². The van der Waals surface area contributed by atoms with E-state index in [4.69, 9.17) is 11.6 Å². The third kappa shape index (κ3) is 4.49. The first-order chi connectivity index (χ1) is 13.3. The van der Waals surface area contributed by atoms with Gasteiger partial charge in [-0.3, -0.25) is 9.52 Å². The van der Waals surface area contributed by atoms with Crippen molar-refractivity contribution in [2.24, 2.45) is 0 Å². The van der Waals surface area contributed by atoms with E-state index in [1.54, 1.807) is 12.1 Å². The summed E-state index contributed by atoms with van der Waals surface area (Å²) in [7, 11) is -3.99. The van der Waals surface area contributed by atoms with E-state index < -0.39 is 21.7 Å². The van der Waals surface area contributed by atoms with Crippen molar-refractivity contribution in [2.45, 2.75) is 11.8 Å². The number of anilines is 2. The fourth-order valence-electron chi connectivity index (χ4n) is 2.48. The van der Waals surface area contributed by atoms with Crippen molar-refractivity contribution in [2.75, 3.05) is 10.0 Å². The molecule has 8 heteroatoms. The Morgan fingerprint density at radius 2 is 1.68 bits per heavy atom. The van der Waals surface area contributed by atoms with Crippen LogP contribution in [0.25, 0.3) is 0 Å². The second kappa shape index (κ2) is 8.00. The van der Waals surface area contributed by atoms with Gasteiger partial charge in [0.25, 0.3) is 15.9 Å². The summed E-state index contributed by atoms with van der Waals surface area (Å²) in [6, 6.07) is 15.9. The maximum Gasteiger partial charge on any atom is 0.261 e. The molecule has 3 rings (SSSR count). The summed E-state index contributed by atoms with van der Waals surface area (Å²) < 4.78 is 40.5. The third-order valence-electron chi connectivity index (χ3n) is 3.98. The predicted octanol–water partition coefficient (Wildman–Crippen LogP) is 4.84. The summed E-state index contributed by atoms with van der Waals surface area (Å²) in [5.41, 5.74) is 1.67. The van der Waals surface area contributed by atoms with Crippen LogP contribution in [-0.2, 0) is 10.0 Å². The molecule has 1 amide bonds. The van der Waals surface area contributed by atoms with Crippen molar-refractivity contribution in [3.63, 3.8) is 0 Å². The molecule has 5 nitrogen and oxygen atoms in total. The zero-order valence-electron chi connectivity index (χ0n) is 14.7. The second-order valence-corrected chi connectivity index (χ2v) is 8.11. The van der Waals surface area contributed by atoms with Crippen molar-refractivity contribution in [3.05, 3.63) is 88.7 Å². The molecule has 3 aromatic carbocycles. The Morgan fingerprint density at radius 3 is 2.36 bits per heavy atom. The molecule has 0 aliphatic carbocycles. The Hall–Kier alpha value is -2.90. The summed E-state index contributed by atoms with van der Waals surface area (Å²) in [4.78, 5) is 12.5. The van der Waals surface area contributed by atoms with Gasteiger partial charge in [0.05, 0.1) is 15.5 Å². The number of benzene rings is 3. The number of hydrogen-bond donors (Lipinski definition) is 2. The summed E-state index contributed by atoms with van der Waals surface area (Å²) >= 11 is 6.11. The fourth-order valence-corrected chi connectivity index (χ4v) is 3.77. The van der Waals surface area contributed by atoms with Crippen LogP contribution >= 0.6 is 11.6 Å². The van der Waals surface area contributed by atoms with Gasteiger partial charge < -0.3 is 5.32 Å². The first kappa shape index (κ1) is 19.9. The number of halogens is 2. The highest BCUT2D eigenvalue weighted by molar-refractivity contribution is 7.92. The number of amides is 1. The van der Waals surface area contributed by atoms with E-state index in [0.29, 0.717) is 5.69 Å². The lowest BCUT2D eigenvalue weighted by Gasteiger charge is -2.12. The molecular weight excluding hydrogens is 403 g/mol. The standard InChI is InChI=1S/C20H16ClFN2O3S/c1-13-4-2-3-5-19(13)23-20(25)17-12-16(10-11-18(17)21)28(26,27)24-15-8-6-14(22)7-9-15/h2-12,24H,1H3,(H,23,25). The van der Waals surface area contributed by atoms with Gasteiger partial charge in [-0.2, -0.15) is 0 Å². The Kier molecular flexibility index (Phi) is 5.67. The van der Waals surface area contributed by atoms with Crippen molar-refractivity contribution in [3.8, 4) is 0 Å². The zero-order chi connectivity index (χ0) is 20.3. The SMILES string of the molecule is Cc1ccccc1NC(=O)c1cc(S(=O)(=O)Nc2ccc(F)cc2)ccc1Cl. The molecule has 0 spiro atoms. The van der Waals surface area contributed by atoms with E-state index in [-0.39, 0.29) is 21.2 Å². The molecule has 144 valence electrons. The number of carbonyl (C=O) groups is 1. The average molecular weight is 419 g/mol. The van der Waals surface area contributed by atoms with Crippen LogP contribution in [0.1, 0.15) is 15.9 Å². The van der Waals surface area contributed by atoms with Crippen LogP contribution in [-0.4, -0.2) is 14.3 Å². The lowest BCUT2D eigenvalue weighted by Crippen LogP contribution is -2.16. The van der Waals surface area contributed by atoms with E-state index >= 15 is 0 Å². The van der Waals surface area contributed by atoms with E-state index in [0.717, 1.165) is 17.7 Å². The Labute approximate surface area is 167 Å². The number of aryl methyl sites for hydroxylation is 1. The molecule has 0 bridgehead atoms. The highest BCUT2D eigenvalue weighted by Crippen LogP contribution is 2.24.